The lowest BCUT2D eigenvalue weighted by Crippen LogP contribution is -2.35. The number of hydrogen-bond acceptors (Lipinski definition) is 2. The number of rotatable bonds is 2. The van der Waals surface area contributed by atoms with E-state index in [2.05, 4.69) is 5.32 Å². The van der Waals surface area contributed by atoms with Crippen molar-refractivity contribution in [2.24, 2.45) is 17.8 Å². The Morgan fingerprint density at radius 2 is 1.85 bits per heavy atom. The molecule has 0 radical (unpaired) electrons. The molecule has 2 fully saturated rings. The van der Waals surface area contributed by atoms with E-state index in [1.54, 1.807) is 6.07 Å². The summed E-state index contributed by atoms with van der Waals surface area (Å²) >= 11 is 12.6. The predicted molar refractivity (Wildman–Crippen MR) is 103 cm³/mol. The summed E-state index contributed by atoms with van der Waals surface area (Å²) < 4.78 is 0. The molecular formula is C21H19Cl2NO2. The number of carboxylic acids is 1. The third-order valence-electron chi connectivity index (χ3n) is 6.63. The summed E-state index contributed by atoms with van der Waals surface area (Å²) in [7, 11) is 0. The molecule has 1 aliphatic heterocycles. The van der Waals surface area contributed by atoms with Gasteiger partial charge in [-0.3, -0.25) is 0 Å². The zero-order chi connectivity index (χ0) is 18.0. The monoisotopic (exact) mass is 387 g/mol. The van der Waals surface area contributed by atoms with Gasteiger partial charge in [-0.2, -0.15) is 0 Å². The van der Waals surface area contributed by atoms with Gasteiger partial charge in [0.1, 0.15) is 0 Å². The highest BCUT2D eigenvalue weighted by molar-refractivity contribution is 6.35. The third kappa shape index (κ3) is 2.37. The maximum atomic E-state index is 11.5. The summed E-state index contributed by atoms with van der Waals surface area (Å²) in [5.74, 6) is 1.29. The summed E-state index contributed by atoms with van der Waals surface area (Å²) in [5, 5.41) is 14.4. The van der Waals surface area contributed by atoms with Crippen molar-refractivity contribution in [3.8, 4) is 0 Å². The molecule has 5 atom stereocenters. The molecule has 0 spiro atoms. The van der Waals surface area contributed by atoms with E-state index in [0.29, 0.717) is 39.3 Å². The number of hydrogen-bond donors (Lipinski definition) is 2. The minimum atomic E-state index is -0.865. The number of nitrogens with one attached hydrogen (secondary N) is 1. The van der Waals surface area contributed by atoms with E-state index in [0.717, 1.165) is 11.3 Å². The van der Waals surface area contributed by atoms with Crippen LogP contribution in [0.1, 0.15) is 52.7 Å². The molecular weight excluding hydrogens is 369 g/mol. The van der Waals surface area contributed by atoms with Crippen molar-refractivity contribution in [3.05, 3.63) is 63.1 Å². The number of aromatic carboxylic acids is 1. The van der Waals surface area contributed by atoms with Gasteiger partial charge in [-0.05, 0) is 84.4 Å². The summed E-state index contributed by atoms with van der Waals surface area (Å²) in [4.78, 5) is 11.5. The fourth-order valence-electron chi connectivity index (χ4n) is 5.68. The van der Waals surface area contributed by atoms with Gasteiger partial charge in [0.05, 0.1) is 11.6 Å². The molecule has 5 heteroatoms. The van der Waals surface area contributed by atoms with E-state index >= 15 is 0 Å². The second-order valence-corrected chi connectivity index (χ2v) is 8.68. The lowest BCUT2D eigenvalue weighted by Gasteiger charge is -2.43. The Morgan fingerprint density at radius 1 is 1.04 bits per heavy atom. The first-order valence-electron chi connectivity index (χ1n) is 9.11. The van der Waals surface area contributed by atoms with Crippen LogP contribution < -0.4 is 5.32 Å². The summed E-state index contributed by atoms with van der Waals surface area (Å²) in [5.41, 5.74) is 3.67. The molecule has 0 unspecified atom stereocenters. The smallest absolute Gasteiger partial charge is 0.335 e. The molecule has 0 aromatic heterocycles. The number of carboxylic acid groups (broad SMARTS) is 1. The Labute approximate surface area is 162 Å². The number of halogens is 2. The maximum absolute atomic E-state index is 11.5. The summed E-state index contributed by atoms with van der Waals surface area (Å²) in [6, 6.07) is 11.4. The molecule has 3 aliphatic rings. The van der Waals surface area contributed by atoms with Crippen molar-refractivity contribution >= 4 is 34.9 Å². The number of benzene rings is 2. The van der Waals surface area contributed by atoms with Crippen LogP contribution in [0.3, 0.4) is 0 Å². The Morgan fingerprint density at radius 3 is 2.62 bits per heavy atom. The maximum Gasteiger partial charge on any atom is 0.335 e. The quantitative estimate of drug-likeness (QED) is 0.665. The molecule has 3 nitrogen and oxygen atoms in total. The Bertz CT molecular complexity index is 913. The fourth-order valence-corrected chi connectivity index (χ4v) is 6.21. The first-order valence-corrected chi connectivity index (χ1v) is 9.87. The lowest BCUT2D eigenvalue weighted by molar-refractivity contribution is 0.0696. The van der Waals surface area contributed by atoms with E-state index in [4.69, 9.17) is 23.2 Å². The van der Waals surface area contributed by atoms with Crippen LogP contribution >= 0.6 is 23.2 Å². The Hall–Kier alpha value is -1.71. The lowest BCUT2D eigenvalue weighted by atomic mass is 9.68. The van der Waals surface area contributed by atoms with Crippen LogP contribution in [-0.4, -0.2) is 11.1 Å². The van der Waals surface area contributed by atoms with Gasteiger partial charge in [-0.1, -0.05) is 29.3 Å². The standard InChI is InChI=1S/C21H19Cl2NO2/c22-13-4-5-14(16(23)9-13)20-19-11-2-1-10(7-11)18(19)15-8-12(21(25)26)3-6-17(15)24-20/h3-6,8-11,18-20,24H,1-2,7H2,(H,25,26)/t10-,11-,18-,19-,20+/m0/s1. The third-order valence-corrected chi connectivity index (χ3v) is 7.19. The summed E-state index contributed by atoms with van der Waals surface area (Å²) in [6.07, 6.45) is 3.72. The Kier molecular flexibility index (Phi) is 3.74. The molecule has 2 N–H and O–H groups in total. The van der Waals surface area contributed by atoms with Gasteiger partial charge < -0.3 is 10.4 Å². The van der Waals surface area contributed by atoms with Gasteiger partial charge in [0.2, 0.25) is 0 Å². The second kappa shape index (κ2) is 5.90. The minimum absolute atomic E-state index is 0.142. The molecule has 2 saturated carbocycles. The van der Waals surface area contributed by atoms with Crippen molar-refractivity contribution in [1.82, 2.24) is 0 Å². The van der Waals surface area contributed by atoms with Crippen LogP contribution in [0.15, 0.2) is 36.4 Å². The number of carbonyl (C=O) groups is 1. The molecule has 1 heterocycles. The highest BCUT2D eigenvalue weighted by atomic mass is 35.5. The highest BCUT2D eigenvalue weighted by Crippen LogP contribution is 2.64. The normalized spacial score (nSPS) is 31.2. The number of fused-ring (bicyclic) bond motifs is 7. The largest absolute Gasteiger partial charge is 0.478 e. The predicted octanol–water partition coefficient (Wildman–Crippen LogP) is 5.99. The van der Waals surface area contributed by atoms with E-state index < -0.39 is 5.97 Å². The van der Waals surface area contributed by atoms with Crippen molar-refractivity contribution in [3.63, 3.8) is 0 Å². The molecule has 0 saturated heterocycles. The fraction of sp³-hybridized carbons (Fsp3) is 0.381. The molecule has 2 aliphatic carbocycles. The Balaban J connectivity index is 1.64. The minimum Gasteiger partial charge on any atom is -0.478 e. The average Bonchev–Trinajstić information content (AvgIpc) is 3.23. The van der Waals surface area contributed by atoms with Gasteiger partial charge in [-0.25, -0.2) is 4.79 Å². The van der Waals surface area contributed by atoms with Crippen molar-refractivity contribution in [2.45, 2.75) is 31.2 Å². The van der Waals surface area contributed by atoms with Crippen LogP contribution in [0.4, 0.5) is 5.69 Å². The molecule has 134 valence electrons. The molecule has 0 amide bonds. The van der Waals surface area contributed by atoms with E-state index in [1.165, 1.54) is 24.8 Å². The van der Waals surface area contributed by atoms with Crippen molar-refractivity contribution < 1.29 is 9.90 Å². The first-order chi connectivity index (χ1) is 12.5. The first kappa shape index (κ1) is 16.5. The average molecular weight is 388 g/mol. The zero-order valence-corrected chi connectivity index (χ0v) is 15.6. The van der Waals surface area contributed by atoms with Crippen LogP contribution in [0.25, 0.3) is 0 Å². The van der Waals surface area contributed by atoms with Crippen LogP contribution in [-0.2, 0) is 0 Å². The van der Waals surface area contributed by atoms with Gasteiger partial charge in [0.25, 0.3) is 0 Å². The molecule has 2 bridgehead atoms. The van der Waals surface area contributed by atoms with Crippen LogP contribution in [0.2, 0.25) is 10.0 Å². The van der Waals surface area contributed by atoms with E-state index in [-0.39, 0.29) is 6.04 Å². The molecule has 5 rings (SSSR count). The zero-order valence-electron chi connectivity index (χ0n) is 14.1. The van der Waals surface area contributed by atoms with Crippen LogP contribution in [0, 0.1) is 17.8 Å². The molecule has 2 aromatic rings. The van der Waals surface area contributed by atoms with Crippen LogP contribution in [0.5, 0.6) is 0 Å². The van der Waals surface area contributed by atoms with Gasteiger partial charge in [0, 0.05) is 15.7 Å². The van der Waals surface area contributed by atoms with Gasteiger partial charge in [0.15, 0.2) is 0 Å². The van der Waals surface area contributed by atoms with Crippen molar-refractivity contribution in [1.29, 1.82) is 0 Å². The second-order valence-electron chi connectivity index (χ2n) is 7.83. The molecule has 26 heavy (non-hydrogen) atoms. The highest BCUT2D eigenvalue weighted by Gasteiger charge is 2.54. The SMILES string of the molecule is O=C(O)c1ccc2c(c1)[C@@H]1[C@H]3CC[C@@H](C3)[C@@H]1[C@@H](c1ccc(Cl)cc1Cl)N2. The van der Waals surface area contributed by atoms with Gasteiger partial charge in [-0.15, -0.1) is 0 Å². The molecule has 2 aromatic carbocycles. The van der Waals surface area contributed by atoms with Crippen molar-refractivity contribution in [2.75, 3.05) is 5.32 Å². The topological polar surface area (TPSA) is 49.3 Å². The van der Waals surface area contributed by atoms with E-state index in [9.17, 15) is 9.90 Å². The van der Waals surface area contributed by atoms with E-state index in [1.807, 2.05) is 30.3 Å². The summed E-state index contributed by atoms with van der Waals surface area (Å²) in [6.45, 7) is 0. The van der Waals surface area contributed by atoms with Gasteiger partial charge >= 0.3 is 5.97 Å². The number of anilines is 1.